The minimum absolute atomic E-state index is 0.105. The lowest BCUT2D eigenvalue weighted by Gasteiger charge is -2.10. The second-order valence-electron chi connectivity index (χ2n) is 5.01. The van der Waals surface area contributed by atoms with Gasteiger partial charge in [0.15, 0.2) is 0 Å². The van der Waals surface area contributed by atoms with Crippen LogP contribution in [0.3, 0.4) is 0 Å². The standard InChI is InChI=1S/C18H16N2OS/c1-12-17(22-13(2)19-12)18(21)20-16-11-7-6-10-15(16)14-8-4-3-5-9-14/h3-11H,1-2H3,(H,20,21). The molecule has 0 aliphatic carbocycles. The fraction of sp³-hybridized carbons (Fsp3) is 0.111. The van der Waals surface area contributed by atoms with E-state index in [1.807, 2.05) is 68.4 Å². The van der Waals surface area contributed by atoms with E-state index in [4.69, 9.17) is 0 Å². The topological polar surface area (TPSA) is 42.0 Å². The largest absolute Gasteiger partial charge is 0.321 e. The Kier molecular flexibility index (Phi) is 4.02. The first kappa shape index (κ1) is 14.5. The van der Waals surface area contributed by atoms with Gasteiger partial charge in [-0.3, -0.25) is 4.79 Å². The summed E-state index contributed by atoms with van der Waals surface area (Å²) in [6.07, 6.45) is 0. The lowest BCUT2D eigenvalue weighted by atomic mass is 10.0. The van der Waals surface area contributed by atoms with Gasteiger partial charge in [-0.05, 0) is 25.5 Å². The third kappa shape index (κ3) is 2.92. The first-order valence-corrected chi connectivity index (χ1v) is 7.86. The average molecular weight is 308 g/mol. The van der Waals surface area contributed by atoms with Crippen molar-refractivity contribution in [3.8, 4) is 11.1 Å². The van der Waals surface area contributed by atoms with Gasteiger partial charge in [0, 0.05) is 11.3 Å². The van der Waals surface area contributed by atoms with E-state index in [9.17, 15) is 4.79 Å². The van der Waals surface area contributed by atoms with E-state index in [1.165, 1.54) is 11.3 Å². The SMILES string of the molecule is Cc1nc(C)c(C(=O)Nc2ccccc2-c2ccccc2)s1. The number of nitrogens with one attached hydrogen (secondary N) is 1. The normalized spacial score (nSPS) is 10.5. The molecule has 3 rings (SSSR count). The number of carbonyl (C=O) groups is 1. The molecule has 0 spiro atoms. The maximum Gasteiger partial charge on any atom is 0.267 e. The van der Waals surface area contributed by atoms with E-state index < -0.39 is 0 Å². The van der Waals surface area contributed by atoms with Crippen molar-refractivity contribution in [3.05, 3.63) is 70.2 Å². The van der Waals surface area contributed by atoms with Gasteiger partial charge in [0.25, 0.3) is 5.91 Å². The quantitative estimate of drug-likeness (QED) is 0.763. The highest BCUT2D eigenvalue weighted by Crippen LogP contribution is 2.28. The van der Waals surface area contributed by atoms with Crippen LogP contribution in [0.25, 0.3) is 11.1 Å². The molecular formula is C18H16N2OS. The molecule has 4 heteroatoms. The number of nitrogens with zero attached hydrogens (tertiary/aromatic N) is 1. The van der Waals surface area contributed by atoms with E-state index >= 15 is 0 Å². The molecular weight excluding hydrogens is 292 g/mol. The predicted octanol–water partition coefficient (Wildman–Crippen LogP) is 4.68. The number of carbonyl (C=O) groups excluding carboxylic acids is 1. The number of aromatic nitrogens is 1. The molecule has 0 radical (unpaired) electrons. The monoisotopic (exact) mass is 308 g/mol. The number of benzene rings is 2. The zero-order valence-electron chi connectivity index (χ0n) is 12.5. The highest BCUT2D eigenvalue weighted by atomic mass is 32.1. The number of hydrogen-bond acceptors (Lipinski definition) is 3. The van der Waals surface area contributed by atoms with E-state index in [0.29, 0.717) is 4.88 Å². The van der Waals surface area contributed by atoms with Crippen LogP contribution >= 0.6 is 11.3 Å². The summed E-state index contributed by atoms with van der Waals surface area (Å²) < 4.78 is 0. The van der Waals surface area contributed by atoms with Gasteiger partial charge in [0.1, 0.15) is 4.88 Å². The molecule has 0 atom stereocenters. The van der Waals surface area contributed by atoms with E-state index in [1.54, 1.807) is 0 Å². The van der Waals surface area contributed by atoms with Gasteiger partial charge in [-0.15, -0.1) is 11.3 Å². The van der Waals surface area contributed by atoms with E-state index in [-0.39, 0.29) is 5.91 Å². The fourth-order valence-electron chi connectivity index (χ4n) is 2.38. The number of aryl methyl sites for hydroxylation is 2. The van der Waals surface area contributed by atoms with Crippen LogP contribution in [0.5, 0.6) is 0 Å². The molecule has 0 aliphatic heterocycles. The lowest BCUT2D eigenvalue weighted by Crippen LogP contribution is -2.12. The maximum atomic E-state index is 12.5. The van der Waals surface area contributed by atoms with Crippen molar-refractivity contribution in [2.75, 3.05) is 5.32 Å². The number of amides is 1. The molecule has 3 aromatic rings. The Labute approximate surface area is 133 Å². The molecule has 0 bridgehead atoms. The Bertz CT molecular complexity index is 809. The molecule has 0 unspecified atom stereocenters. The summed E-state index contributed by atoms with van der Waals surface area (Å²) in [6, 6.07) is 17.9. The summed E-state index contributed by atoms with van der Waals surface area (Å²) in [5, 5.41) is 3.91. The van der Waals surface area contributed by atoms with Crippen molar-refractivity contribution in [1.29, 1.82) is 0 Å². The third-order valence-electron chi connectivity index (χ3n) is 3.37. The third-order valence-corrected chi connectivity index (χ3v) is 4.44. The van der Waals surface area contributed by atoms with E-state index in [0.717, 1.165) is 27.5 Å². The van der Waals surface area contributed by atoms with Gasteiger partial charge in [-0.25, -0.2) is 4.98 Å². The molecule has 1 heterocycles. The first-order chi connectivity index (χ1) is 10.6. The van der Waals surface area contributed by atoms with Gasteiger partial charge < -0.3 is 5.32 Å². The van der Waals surface area contributed by atoms with Gasteiger partial charge in [-0.2, -0.15) is 0 Å². The van der Waals surface area contributed by atoms with Gasteiger partial charge in [-0.1, -0.05) is 48.5 Å². The maximum absolute atomic E-state index is 12.5. The summed E-state index contributed by atoms with van der Waals surface area (Å²) in [5.74, 6) is -0.105. The molecule has 3 nitrogen and oxygen atoms in total. The zero-order valence-corrected chi connectivity index (χ0v) is 13.3. The van der Waals surface area contributed by atoms with Crippen molar-refractivity contribution in [2.45, 2.75) is 13.8 Å². The van der Waals surface area contributed by atoms with Crippen LogP contribution < -0.4 is 5.32 Å². The minimum Gasteiger partial charge on any atom is -0.321 e. The molecule has 1 amide bonds. The van der Waals surface area contributed by atoms with Crippen molar-refractivity contribution >= 4 is 22.9 Å². The Morgan fingerprint density at radius 1 is 1.00 bits per heavy atom. The second-order valence-corrected chi connectivity index (χ2v) is 6.22. The molecule has 0 saturated carbocycles. The Morgan fingerprint density at radius 3 is 2.36 bits per heavy atom. The van der Waals surface area contributed by atoms with Gasteiger partial charge in [0.2, 0.25) is 0 Å². The summed E-state index contributed by atoms with van der Waals surface area (Å²) in [4.78, 5) is 17.5. The van der Waals surface area contributed by atoms with Crippen molar-refractivity contribution in [1.82, 2.24) is 4.98 Å². The zero-order chi connectivity index (χ0) is 15.5. The van der Waals surface area contributed by atoms with E-state index in [2.05, 4.69) is 10.3 Å². The summed E-state index contributed by atoms with van der Waals surface area (Å²) in [6.45, 7) is 3.77. The lowest BCUT2D eigenvalue weighted by molar-refractivity contribution is 0.103. The molecule has 2 aromatic carbocycles. The highest BCUT2D eigenvalue weighted by Gasteiger charge is 2.15. The number of rotatable bonds is 3. The van der Waals surface area contributed by atoms with Crippen LogP contribution in [-0.4, -0.2) is 10.9 Å². The Hall–Kier alpha value is -2.46. The molecule has 0 aliphatic rings. The fourth-order valence-corrected chi connectivity index (χ4v) is 3.20. The predicted molar refractivity (Wildman–Crippen MR) is 91.4 cm³/mol. The summed E-state index contributed by atoms with van der Waals surface area (Å²) in [5.41, 5.74) is 3.67. The van der Waals surface area contributed by atoms with Crippen molar-refractivity contribution < 1.29 is 4.79 Å². The molecule has 0 saturated heterocycles. The Morgan fingerprint density at radius 2 is 1.68 bits per heavy atom. The van der Waals surface area contributed by atoms with Crippen molar-refractivity contribution in [2.24, 2.45) is 0 Å². The van der Waals surface area contributed by atoms with Crippen molar-refractivity contribution in [3.63, 3.8) is 0 Å². The number of para-hydroxylation sites is 1. The number of thiazole rings is 1. The summed E-state index contributed by atoms with van der Waals surface area (Å²) >= 11 is 1.42. The van der Waals surface area contributed by atoms with Crippen LogP contribution in [0.1, 0.15) is 20.4 Å². The van der Waals surface area contributed by atoms with Gasteiger partial charge in [0.05, 0.1) is 10.7 Å². The number of hydrogen-bond donors (Lipinski definition) is 1. The molecule has 22 heavy (non-hydrogen) atoms. The van der Waals surface area contributed by atoms with Gasteiger partial charge >= 0.3 is 0 Å². The molecule has 110 valence electrons. The van der Waals surface area contributed by atoms with Crippen LogP contribution in [-0.2, 0) is 0 Å². The van der Waals surface area contributed by atoms with Crippen LogP contribution in [0.4, 0.5) is 5.69 Å². The first-order valence-electron chi connectivity index (χ1n) is 7.05. The summed E-state index contributed by atoms with van der Waals surface area (Å²) in [7, 11) is 0. The average Bonchev–Trinajstić information content (AvgIpc) is 2.87. The van der Waals surface area contributed by atoms with Crippen LogP contribution in [0.15, 0.2) is 54.6 Å². The molecule has 0 fully saturated rings. The minimum atomic E-state index is -0.105. The Balaban J connectivity index is 1.93. The smallest absolute Gasteiger partial charge is 0.267 e. The number of anilines is 1. The second kappa shape index (κ2) is 6.12. The molecule has 1 aromatic heterocycles. The molecule has 1 N–H and O–H groups in total. The highest BCUT2D eigenvalue weighted by molar-refractivity contribution is 7.13. The van der Waals surface area contributed by atoms with Crippen LogP contribution in [0, 0.1) is 13.8 Å². The van der Waals surface area contributed by atoms with Crippen LogP contribution in [0.2, 0.25) is 0 Å².